The van der Waals surface area contributed by atoms with E-state index in [4.69, 9.17) is 4.74 Å². The van der Waals surface area contributed by atoms with Crippen LogP contribution in [0.3, 0.4) is 0 Å². The second-order valence-electron chi connectivity index (χ2n) is 8.88. The number of halogens is 2. The van der Waals surface area contributed by atoms with Gasteiger partial charge in [0, 0.05) is 17.7 Å². The van der Waals surface area contributed by atoms with Gasteiger partial charge < -0.3 is 38.4 Å². The number of fused-ring (bicyclic) bond motifs is 1. The minimum Gasteiger partial charge on any atom is -1.00 e. The molecule has 9 heteroatoms. The zero-order valence-corrected chi connectivity index (χ0v) is 18.9. The second kappa shape index (κ2) is 8.70. The molecule has 2 atom stereocenters. The van der Waals surface area contributed by atoms with Crippen molar-refractivity contribution in [3.63, 3.8) is 0 Å². The minimum absolute atomic E-state index is 0. The van der Waals surface area contributed by atoms with Gasteiger partial charge in [0.05, 0.1) is 11.3 Å². The lowest BCUT2D eigenvalue weighted by molar-refractivity contribution is -0.400. The number of aromatic nitrogens is 1. The Labute approximate surface area is 187 Å². The maximum Gasteiger partial charge on any atom is 0.234 e. The Kier molecular flexibility index (Phi) is 7.02. The third kappa shape index (κ3) is 4.98. The van der Waals surface area contributed by atoms with Crippen LogP contribution in [-0.4, -0.2) is 46.4 Å². The van der Waals surface area contributed by atoms with Gasteiger partial charge in [-0.05, 0) is 58.0 Å². The molecule has 1 aromatic heterocycles. The first-order valence-electron chi connectivity index (χ1n) is 9.84. The SMILES string of the molecule is CC(C)(O)CNC(=O)[C@@]1(C)COc2c1cc([C@@](C)(O)C[NH3+])nc2-c1ccc(F)cc1.[Cl-]. The van der Waals surface area contributed by atoms with Crippen molar-refractivity contribution in [3.05, 3.63) is 47.4 Å². The highest BCUT2D eigenvalue weighted by Crippen LogP contribution is 2.45. The summed E-state index contributed by atoms with van der Waals surface area (Å²) in [4.78, 5) is 17.6. The molecule has 1 aromatic carbocycles. The maximum absolute atomic E-state index is 13.4. The molecule has 0 aliphatic carbocycles. The molecular formula is C22H29ClFN3O4. The fraction of sp³-hybridized carbons (Fsp3) is 0.455. The summed E-state index contributed by atoms with van der Waals surface area (Å²) in [5.74, 6) is -0.265. The van der Waals surface area contributed by atoms with E-state index < -0.39 is 16.6 Å². The number of hydrogen-bond donors (Lipinski definition) is 4. The summed E-state index contributed by atoms with van der Waals surface area (Å²) >= 11 is 0. The third-order valence-electron chi connectivity index (χ3n) is 5.41. The minimum atomic E-state index is -1.32. The van der Waals surface area contributed by atoms with Crippen molar-refractivity contribution in [2.75, 3.05) is 19.7 Å². The number of nitrogens with one attached hydrogen (secondary N) is 1. The Hall–Kier alpha value is -2.26. The van der Waals surface area contributed by atoms with E-state index >= 15 is 0 Å². The van der Waals surface area contributed by atoms with E-state index in [0.29, 0.717) is 28.3 Å². The smallest absolute Gasteiger partial charge is 0.234 e. The fourth-order valence-electron chi connectivity index (χ4n) is 3.27. The number of carbonyl (C=O) groups is 1. The predicted octanol–water partition coefficient (Wildman–Crippen LogP) is -2.12. The first kappa shape index (κ1) is 25.0. The van der Waals surface area contributed by atoms with Crippen LogP contribution < -0.4 is 28.2 Å². The summed E-state index contributed by atoms with van der Waals surface area (Å²) in [5.41, 5.74) is 2.32. The number of aliphatic hydroxyl groups is 2. The lowest BCUT2D eigenvalue weighted by Gasteiger charge is -2.26. The lowest BCUT2D eigenvalue weighted by atomic mass is 9.81. The first-order valence-corrected chi connectivity index (χ1v) is 9.84. The molecule has 7 nitrogen and oxygen atoms in total. The maximum atomic E-state index is 13.4. The van der Waals surface area contributed by atoms with Gasteiger partial charge >= 0.3 is 0 Å². The van der Waals surface area contributed by atoms with Crippen LogP contribution in [0.25, 0.3) is 11.3 Å². The summed E-state index contributed by atoms with van der Waals surface area (Å²) < 4.78 is 19.3. The molecular weight excluding hydrogens is 425 g/mol. The van der Waals surface area contributed by atoms with Gasteiger partial charge in [-0.15, -0.1) is 0 Å². The number of amides is 1. The number of hydrogen-bond acceptors (Lipinski definition) is 5. The average Bonchev–Trinajstić information content (AvgIpc) is 3.03. The van der Waals surface area contributed by atoms with Gasteiger partial charge in [-0.1, -0.05) is 0 Å². The molecule has 0 unspecified atom stereocenters. The Bertz CT molecular complexity index is 960. The Morgan fingerprint density at radius 2 is 1.90 bits per heavy atom. The van der Waals surface area contributed by atoms with Crippen molar-refractivity contribution in [2.45, 2.75) is 44.3 Å². The van der Waals surface area contributed by atoms with Crippen molar-refractivity contribution < 1.29 is 42.3 Å². The molecule has 1 aliphatic heterocycles. The van der Waals surface area contributed by atoms with Crippen molar-refractivity contribution in [1.82, 2.24) is 10.3 Å². The summed E-state index contributed by atoms with van der Waals surface area (Å²) in [6.45, 7) is 6.88. The van der Waals surface area contributed by atoms with Crippen molar-refractivity contribution in [3.8, 4) is 17.0 Å². The lowest BCUT2D eigenvalue weighted by Crippen LogP contribution is -3.00. The number of quaternary nitrogens is 1. The van der Waals surface area contributed by atoms with E-state index in [0.717, 1.165) is 0 Å². The topological polar surface area (TPSA) is 119 Å². The molecule has 0 radical (unpaired) electrons. The highest BCUT2D eigenvalue weighted by atomic mass is 35.5. The zero-order valence-electron chi connectivity index (χ0n) is 18.1. The van der Waals surface area contributed by atoms with E-state index in [9.17, 15) is 19.4 Å². The molecule has 170 valence electrons. The highest BCUT2D eigenvalue weighted by molar-refractivity contribution is 5.91. The summed E-state index contributed by atoms with van der Waals surface area (Å²) in [7, 11) is 0. The molecule has 0 spiro atoms. The van der Waals surface area contributed by atoms with Gasteiger partial charge in [-0.3, -0.25) is 4.79 Å². The number of benzene rings is 1. The Morgan fingerprint density at radius 3 is 2.45 bits per heavy atom. The van der Waals surface area contributed by atoms with Gasteiger partial charge in [-0.2, -0.15) is 0 Å². The third-order valence-corrected chi connectivity index (χ3v) is 5.41. The van der Waals surface area contributed by atoms with Crippen LogP contribution in [-0.2, 0) is 15.8 Å². The summed E-state index contributed by atoms with van der Waals surface area (Å²) in [5, 5.41) is 23.5. The quantitative estimate of drug-likeness (QED) is 0.399. The van der Waals surface area contributed by atoms with E-state index in [-0.39, 0.29) is 43.8 Å². The van der Waals surface area contributed by atoms with Crippen LogP contribution in [0.2, 0.25) is 0 Å². The molecule has 0 saturated carbocycles. The van der Waals surface area contributed by atoms with Gasteiger partial charge in [0.1, 0.15) is 35.8 Å². The van der Waals surface area contributed by atoms with E-state index in [2.05, 4.69) is 16.0 Å². The molecule has 2 aromatic rings. The van der Waals surface area contributed by atoms with Gasteiger partial charge in [0.15, 0.2) is 5.60 Å². The largest absolute Gasteiger partial charge is 1.00 e. The first-order chi connectivity index (χ1) is 13.9. The molecule has 0 saturated heterocycles. The highest BCUT2D eigenvalue weighted by Gasteiger charge is 2.46. The standard InChI is InChI=1S/C22H28FN3O4.ClH/c1-20(2,28)11-25-19(27)21(3)12-30-18-15(21)9-16(22(4,29)10-24)26-17(18)13-5-7-14(23)8-6-13;/h5-9,28-29H,10-12,24H2,1-4H3,(H,25,27);1H/t21-,22-;/m0./s1. The van der Waals surface area contributed by atoms with E-state index in [1.54, 1.807) is 45.9 Å². The van der Waals surface area contributed by atoms with Crippen LogP contribution in [0.15, 0.2) is 30.3 Å². The molecule has 1 aliphatic rings. The predicted molar refractivity (Wildman–Crippen MR) is 109 cm³/mol. The van der Waals surface area contributed by atoms with E-state index in [1.165, 1.54) is 12.1 Å². The van der Waals surface area contributed by atoms with Crippen molar-refractivity contribution in [1.29, 1.82) is 0 Å². The second-order valence-corrected chi connectivity index (χ2v) is 8.88. The molecule has 0 fully saturated rings. The number of nitrogens with zero attached hydrogens (tertiary/aromatic N) is 1. The number of rotatable bonds is 6. The van der Waals surface area contributed by atoms with Crippen LogP contribution in [0, 0.1) is 5.82 Å². The Balaban J connectivity index is 0.00000341. The molecule has 3 rings (SSSR count). The number of ether oxygens (including phenoxy) is 1. The summed E-state index contributed by atoms with van der Waals surface area (Å²) in [6, 6.07) is 7.46. The van der Waals surface area contributed by atoms with Crippen LogP contribution >= 0.6 is 0 Å². The molecule has 31 heavy (non-hydrogen) atoms. The van der Waals surface area contributed by atoms with Crippen LogP contribution in [0.1, 0.15) is 39.0 Å². The molecule has 2 heterocycles. The monoisotopic (exact) mass is 453 g/mol. The zero-order chi connectivity index (χ0) is 22.3. The molecule has 1 amide bonds. The molecule has 0 bridgehead atoms. The Morgan fingerprint density at radius 1 is 1.29 bits per heavy atom. The fourth-order valence-corrected chi connectivity index (χ4v) is 3.27. The normalized spacial score (nSPS) is 19.6. The van der Waals surface area contributed by atoms with Crippen LogP contribution in [0.5, 0.6) is 5.75 Å². The van der Waals surface area contributed by atoms with Crippen molar-refractivity contribution in [2.24, 2.45) is 0 Å². The van der Waals surface area contributed by atoms with Gasteiger partial charge in [0.25, 0.3) is 0 Å². The van der Waals surface area contributed by atoms with Crippen LogP contribution in [0.4, 0.5) is 4.39 Å². The van der Waals surface area contributed by atoms with Gasteiger partial charge in [0.2, 0.25) is 5.91 Å². The number of pyridine rings is 1. The summed E-state index contributed by atoms with van der Waals surface area (Å²) in [6.07, 6.45) is 0. The number of carbonyl (C=O) groups excluding carboxylic acids is 1. The molecule has 6 N–H and O–H groups in total. The average molecular weight is 454 g/mol. The van der Waals surface area contributed by atoms with Gasteiger partial charge in [-0.25, -0.2) is 9.37 Å². The van der Waals surface area contributed by atoms with E-state index in [1.807, 2.05) is 0 Å². The van der Waals surface area contributed by atoms with Crippen molar-refractivity contribution >= 4 is 5.91 Å².